The number of aliphatic hydroxyl groups excluding tert-OH is 3. The van der Waals surface area contributed by atoms with Gasteiger partial charge in [0.1, 0.15) is 0 Å². The van der Waals surface area contributed by atoms with Crippen molar-refractivity contribution in [3.05, 3.63) is 69.7 Å². The summed E-state index contributed by atoms with van der Waals surface area (Å²) < 4.78 is 12.2. The van der Waals surface area contributed by atoms with Crippen LogP contribution < -0.4 is 0 Å². The Morgan fingerprint density at radius 2 is 1.72 bits per heavy atom. The van der Waals surface area contributed by atoms with E-state index in [4.69, 9.17) is 21.1 Å². The zero-order chi connectivity index (χ0) is 25.5. The van der Waals surface area contributed by atoms with E-state index in [1.165, 1.54) is 56.8 Å². The summed E-state index contributed by atoms with van der Waals surface area (Å²) in [6.45, 7) is 1.51. The highest BCUT2D eigenvalue weighted by atomic mass is 35.5. The van der Waals surface area contributed by atoms with Gasteiger partial charge in [0.2, 0.25) is 0 Å². The molecule has 196 valence electrons. The molecule has 2 saturated carbocycles. The second kappa shape index (κ2) is 10.4. The van der Waals surface area contributed by atoms with Crippen molar-refractivity contribution in [1.29, 1.82) is 0 Å². The number of hydrogen-bond acceptors (Lipinski definition) is 5. The van der Waals surface area contributed by atoms with E-state index in [1.807, 2.05) is 18.2 Å². The van der Waals surface area contributed by atoms with Crippen LogP contribution in [0.4, 0.5) is 0 Å². The van der Waals surface area contributed by atoms with Gasteiger partial charge in [0.25, 0.3) is 0 Å². The number of rotatable bonds is 6. The van der Waals surface area contributed by atoms with Crippen molar-refractivity contribution in [2.45, 2.75) is 88.3 Å². The normalized spacial score (nSPS) is 32.4. The van der Waals surface area contributed by atoms with Gasteiger partial charge in [0, 0.05) is 30.0 Å². The number of aliphatic hydroxyl groups is 3. The van der Waals surface area contributed by atoms with E-state index in [2.05, 4.69) is 24.3 Å². The Kier molecular flexibility index (Phi) is 7.52. The molecule has 1 aliphatic heterocycles. The number of halogens is 1. The van der Waals surface area contributed by atoms with Gasteiger partial charge >= 0.3 is 0 Å². The largest absolute Gasteiger partial charge is 0.394 e. The molecule has 0 amide bonds. The van der Waals surface area contributed by atoms with E-state index >= 15 is 0 Å². The quantitative estimate of drug-likeness (QED) is 0.487. The van der Waals surface area contributed by atoms with Gasteiger partial charge in [0.05, 0.1) is 24.9 Å². The molecule has 3 aliphatic rings. The van der Waals surface area contributed by atoms with Crippen molar-refractivity contribution in [1.82, 2.24) is 0 Å². The van der Waals surface area contributed by atoms with E-state index in [-0.39, 0.29) is 13.0 Å². The van der Waals surface area contributed by atoms with Crippen LogP contribution in [0.3, 0.4) is 0 Å². The lowest BCUT2D eigenvalue weighted by atomic mass is 9.77. The van der Waals surface area contributed by atoms with Crippen LogP contribution in [-0.2, 0) is 21.7 Å². The van der Waals surface area contributed by atoms with Crippen molar-refractivity contribution < 1.29 is 24.8 Å². The fraction of sp³-hybridized carbons (Fsp3) is 0.600. The molecule has 5 nitrogen and oxygen atoms in total. The molecule has 3 fully saturated rings. The maximum atomic E-state index is 10.8. The maximum absolute atomic E-state index is 10.8. The van der Waals surface area contributed by atoms with Gasteiger partial charge in [-0.15, -0.1) is 0 Å². The second-order valence-corrected chi connectivity index (χ2v) is 11.8. The molecule has 1 unspecified atom stereocenters. The molecule has 3 N–H and O–H groups in total. The van der Waals surface area contributed by atoms with Gasteiger partial charge in [-0.2, -0.15) is 0 Å². The first-order valence-electron chi connectivity index (χ1n) is 13.4. The summed E-state index contributed by atoms with van der Waals surface area (Å²) >= 11 is 6.62. The highest BCUT2D eigenvalue weighted by Gasteiger charge is 2.50. The molecule has 0 bridgehead atoms. The lowest BCUT2D eigenvalue weighted by Crippen LogP contribution is -2.46. The maximum Gasteiger partial charge on any atom is 0.200 e. The van der Waals surface area contributed by atoms with E-state index < -0.39 is 30.0 Å². The topological polar surface area (TPSA) is 79.2 Å². The highest BCUT2D eigenvalue weighted by molar-refractivity contribution is 6.31. The van der Waals surface area contributed by atoms with E-state index in [9.17, 15) is 15.3 Å². The molecular formula is C30H39ClO5. The minimum atomic E-state index is -1.33. The summed E-state index contributed by atoms with van der Waals surface area (Å²) in [5.41, 5.74) is 4.97. The number of hydrogen-bond donors (Lipinski definition) is 3. The van der Waals surface area contributed by atoms with E-state index in [1.54, 1.807) is 6.92 Å². The van der Waals surface area contributed by atoms with Gasteiger partial charge in [-0.25, -0.2) is 0 Å². The Balaban J connectivity index is 1.37. The fourth-order valence-corrected chi connectivity index (χ4v) is 6.64. The third-order valence-corrected chi connectivity index (χ3v) is 9.52. The van der Waals surface area contributed by atoms with Gasteiger partial charge in [-0.05, 0) is 85.1 Å². The standard InChI is InChI=1S/C30H39ClO5/c1-19-28(34)27(33)17-25(18-32)36-30(19,35-2)24-7-8-26(31)23(16-24)15-20-3-5-21(6-4-20)22-9-11-29(12-10-22)13-14-29/h3-8,16,19,22,25,27-28,32-34H,9-15,17-18H2,1-2H3/t19-,25-,27-,28-,30?/m0/s1. The average molecular weight is 515 g/mol. The molecule has 0 aromatic heterocycles. The number of benzene rings is 2. The monoisotopic (exact) mass is 514 g/mol. The lowest BCUT2D eigenvalue weighted by molar-refractivity contribution is -0.289. The molecule has 2 aromatic carbocycles. The molecule has 1 heterocycles. The third kappa shape index (κ3) is 4.99. The van der Waals surface area contributed by atoms with Crippen LogP contribution in [0.2, 0.25) is 5.02 Å². The van der Waals surface area contributed by atoms with Crippen LogP contribution in [-0.4, -0.2) is 47.3 Å². The van der Waals surface area contributed by atoms with Crippen molar-refractivity contribution in [3.63, 3.8) is 0 Å². The van der Waals surface area contributed by atoms with Gasteiger partial charge < -0.3 is 24.8 Å². The highest BCUT2D eigenvalue weighted by Crippen LogP contribution is 2.58. The van der Waals surface area contributed by atoms with Crippen molar-refractivity contribution in [3.8, 4) is 0 Å². The number of methoxy groups -OCH3 is 1. The predicted molar refractivity (Wildman–Crippen MR) is 140 cm³/mol. The summed E-state index contributed by atoms with van der Waals surface area (Å²) in [7, 11) is 1.53. The molecule has 1 spiro atoms. The van der Waals surface area contributed by atoms with Crippen LogP contribution in [0.1, 0.15) is 80.0 Å². The zero-order valence-electron chi connectivity index (χ0n) is 21.3. The van der Waals surface area contributed by atoms with Gasteiger partial charge in [-0.1, -0.05) is 48.9 Å². The zero-order valence-corrected chi connectivity index (χ0v) is 22.1. The Bertz CT molecular complexity index is 1040. The second-order valence-electron chi connectivity index (χ2n) is 11.4. The summed E-state index contributed by atoms with van der Waals surface area (Å²) in [5.74, 6) is -1.23. The van der Waals surface area contributed by atoms with Crippen molar-refractivity contribution in [2.75, 3.05) is 13.7 Å². The molecule has 6 heteroatoms. The van der Waals surface area contributed by atoms with Crippen LogP contribution in [0.15, 0.2) is 42.5 Å². The predicted octanol–water partition coefficient (Wildman–Crippen LogP) is 5.31. The molecule has 36 heavy (non-hydrogen) atoms. The Morgan fingerprint density at radius 3 is 2.33 bits per heavy atom. The Morgan fingerprint density at radius 1 is 1.03 bits per heavy atom. The summed E-state index contributed by atoms with van der Waals surface area (Å²) in [4.78, 5) is 0. The van der Waals surface area contributed by atoms with Crippen LogP contribution >= 0.6 is 11.6 Å². The smallest absolute Gasteiger partial charge is 0.200 e. The van der Waals surface area contributed by atoms with Crippen molar-refractivity contribution in [2.24, 2.45) is 11.3 Å². The first-order chi connectivity index (χ1) is 17.3. The molecular weight excluding hydrogens is 476 g/mol. The summed E-state index contributed by atoms with van der Waals surface area (Å²) in [6.07, 6.45) is 6.28. The first kappa shape index (κ1) is 26.1. The molecule has 2 aliphatic carbocycles. The minimum Gasteiger partial charge on any atom is -0.394 e. The van der Waals surface area contributed by atoms with Gasteiger partial charge in [0.15, 0.2) is 5.79 Å². The SMILES string of the molecule is COC1(c2ccc(Cl)c(Cc3ccc(C4CCC5(CC4)CC5)cc3)c2)O[C@H](CO)C[C@H](O)[C@@H](O)[C@@H]1C. The molecule has 0 radical (unpaired) electrons. The fourth-order valence-electron chi connectivity index (χ4n) is 6.46. The van der Waals surface area contributed by atoms with Crippen LogP contribution in [0, 0.1) is 11.3 Å². The number of ether oxygens (including phenoxy) is 2. The van der Waals surface area contributed by atoms with Gasteiger partial charge in [-0.3, -0.25) is 0 Å². The van der Waals surface area contributed by atoms with E-state index in [0.29, 0.717) is 28.3 Å². The van der Waals surface area contributed by atoms with Crippen molar-refractivity contribution >= 4 is 11.6 Å². The van der Waals surface area contributed by atoms with E-state index in [0.717, 1.165) is 5.56 Å². The summed E-state index contributed by atoms with van der Waals surface area (Å²) in [6, 6.07) is 14.6. The third-order valence-electron chi connectivity index (χ3n) is 9.16. The molecule has 1 saturated heterocycles. The summed E-state index contributed by atoms with van der Waals surface area (Å²) in [5, 5.41) is 31.7. The average Bonchev–Trinajstić information content (AvgIpc) is 3.67. The minimum absolute atomic E-state index is 0.127. The Hall–Kier alpha value is -1.47. The molecule has 5 rings (SSSR count). The Labute approximate surface area is 219 Å². The molecule has 2 aromatic rings. The van der Waals surface area contributed by atoms with Crippen LogP contribution in [0.25, 0.3) is 0 Å². The van der Waals surface area contributed by atoms with Crippen LogP contribution in [0.5, 0.6) is 0 Å². The molecule has 5 atom stereocenters. The lowest BCUT2D eigenvalue weighted by Gasteiger charge is -2.40. The first-order valence-corrected chi connectivity index (χ1v) is 13.7.